The lowest BCUT2D eigenvalue weighted by Crippen LogP contribution is -2.62. The monoisotopic (exact) mass is 306 g/mol. The van der Waals surface area contributed by atoms with E-state index in [-0.39, 0.29) is 13.0 Å². The van der Waals surface area contributed by atoms with Crippen molar-refractivity contribution in [3.05, 3.63) is 36.8 Å². The molecule has 1 saturated heterocycles. The summed E-state index contributed by atoms with van der Waals surface area (Å²) in [6.07, 6.45) is 2.62. The fraction of sp³-hybridized carbons (Fsp3) is 0.400. The van der Waals surface area contributed by atoms with Gasteiger partial charge in [-0.3, -0.25) is 9.59 Å². The Morgan fingerprint density at radius 3 is 2.73 bits per heavy atom. The molecule has 1 aliphatic heterocycles. The van der Waals surface area contributed by atoms with Gasteiger partial charge in [0, 0.05) is 6.54 Å². The molecule has 1 fully saturated rings. The van der Waals surface area contributed by atoms with Gasteiger partial charge in [-0.15, -0.1) is 0 Å². The molecule has 0 radical (unpaired) electrons. The molecule has 118 valence electrons. The first-order valence-electron chi connectivity index (χ1n) is 6.88. The van der Waals surface area contributed by atoms with Crippen molar-refractivity contribution < 1.29 is 23.9 Å². The zero-order valence-corrected chi connectivity index (χ0v) is 12.2. The van der Waals surface area contributed by atoms with Crippen LogP contribution in [0.15, 0.2) is 35.5 Å². The summed E-state index contributed by atoms with van der Waals surface area (Å²) >= 11 is 0. The van der Waals surface area contributed by atoms with Crippen LogP contribution in [0, 0.1) is 0 Å². The van der Waals surface area contributed by atoms with Crippen LogP contribution in [0.5, 0.6) is 0 Å². The molecule has 0 aromatic carbocycles. The largest absolute Gasteiger partial charge is 0.479 e. The number of nitrogens with two attached hydrogens (primary N) is 1. The van der Waals surface area contributed by atoms with Crippen LogP contribution in [-0.2, 0) is 14.4 Å². The Balaban J connectivity index is 2.62. The van der Waals surface area contributed by atoms with Crippen molar-refractivity contribution >= 4 is 17.7 Å². The normalized spacial score (nSPS) is 25.7. The Bertz CT molecular complexity index is 607. The molecule has 2 heterocycles. The maximum absolute atomic E-state index is 12.4. The molecule has 1 aromatic rings. The third-order valence-electron chi connectivity index (χ3n) is 4.00. The third-order valence-corrected chi connectivity index (χ3v) is 4.00. The van der Waals surface area contributed by atoms with Crippen LogP contribution in [0.25, 0.3) is 0 Å². The quantitative estimate of drug-likeness (QED) is 0.605. The molecule has 0 saturated carbocycles. The number of aliphatic carboxylic acids is 1. The first-order valence-corrected chi connectivity index (χ1v) is 6.88. The summed E-state index contributed by atoms with van der Waals surface area (Å²) in [4.78, 5) is 37.8. The molecule has 2 rings (SSSR count). The highest BCUT2D eigenvalue weighted by atomic mass is 16.4. The van der Waals surface area contributed by atoms with Gasteiger partial charge < -0.3 is 20.2 Å². The van der Waals surface area contributed by atoms with Gasteiger partial charge in [-0.2, -0.15) is 0 Å². The van der Waals surface area contributed by atoms with Gasteiger partial charge in [-0.1, -0.05) is 6.58 Å². The van der Waals surface area contributed by atoms with E-state index < -0.39 is 35.2 Å². The number of hydrogen-bond donors (Lipinski definition) is 2. The predicted molar refractivity (Wildman–Crippen MR) is 77.0 cm³/mol. The standard InChI is InChI=1S/C15H18N2O5/c1-3-12(18)15(14(20)21)10(11-5-4-8-22-11)6-7-17(15)13(19)9(2)16/h3-5,8-10H,1,6-7,16H2,2H3,(H,20,21). The van der Waals surface area contributed by atoms with E-state index in [1.54, 1.807) is 12.1 Å². The summed E-state index contributed by atoms with van der Waals surface area (Å²) in [5, 5.41) is 9.79. The second kappa shape index (κ2) is 5.76. The van der Waals surface area contributed by atoms with E-state index in [0.717, 1.165) is 11.0 Å². The van der Waals surface area contributed by atoms with Crippen molar-refractivity contribution in [2.75, 3.05) is 6.54 Å². The summed E-state index contributed by atoms with van der Waals surface area (Å²) < 4.78 is 5.29. The Hall–Kier alpha value is -2.41. The molecule has 3 unspecified atom stereocenters. The predicted octanol–water partition coefficient (Wildman–Crippen LogP) is 0.521. The van der Waals surface area contributed by atoms with Crippen molar-refractivity contribution in [1.82, 2.24) is 4.90 Å². The summed E-state index contributed by atoms with van der Waals surface area (Å²) in [6.45, 7) is 4.94. The average molecular weight is 306 g/mol. The molecule has 1 aromatic heterocycles. The first-order chi connectivity index (χ1) is 10.4. The lowest BCUT2D eigenvalue weighted by atomic mass is 9.79. The van der Waals surface area contributed by atoms with E-state index in [0.29, 0.717) is 5.76 Å². The highest BCUT2D eigenvalue weighted by molar-refractivity contribution is 6.16. The molecular formula is C15H18N2O5. The maximum atomic E-state index is 12.4. The van der Waals surface area contributed by atoms with E-state index in [2.05, 4.69) is 6.58 Å². The average Bonchev–Trinajstić information content (AvgIpc) is 3.12. The van der Waals surface area contributed by atoms with Gasteiger partial charge in [0.2, 0.25) is 11.4 Å². The van der Waals surface area contributed by atoms with Crippen molar-refractivity contribution in [2.24, 2.45) is 5.73 Å². The summed E-state index contributed by atoms with van der Waals surface area (Å²) in [7, 11) is 0. The topological polar surface area (TPSA) is 114 Å². The molecule has 0 bridgehead atoms. The summed E-state index contributed by atoms with van der Waals surface area (Å²) in [5.41, 5.74) is 3.53. The van der Waals surface area contributed by atoms with Gasteiger partial charge in [0.15, 0.2) is 5.78 Å². The number of furan rings is 1. The zero-order valence-electron chi connectivity index (χ0n) is 12.2. The fourth-order valence-electron chi connectivity index (χ4n) is 3.03. The van der Waals surface area contributed by atoms with Crippen LogP contribution in [0.2, 0.25) is 0 Å². The highest BCUT2D eigenvalue weighted by Gasteiger charge is 2.62. The fourth-order valence-corrected chi connectivity index (χ4v) is 3.03. The summed E-state index contributed by atoms with van der Waals surface area (Å²) in [6, 6.07) is 2.29. The number of amides is 1. The second-order valence-corrected chi connectivity index (χ2v) is 5.28. The van der Waals surface area contributed by atoms with Crippen molar-refractivity contribution in [3.8, 4) is 0 Å². The minimum Gasteiger partial charge on any atom is -0.479 e. The molecular weight excluding hydrogens is 288 g/mol. The third kappa shape index (κ3) is 2.14. The van der Waals surface area contributed by atoms with E-state index in [1.807, 2.05) is 0 Å². The van der Waals surface area contributed by atoms with Gasteiger partial charge in [0.1, 0.15) is 5.76 Å². The van der Waals surface area contributed by atoms with E-state index in [1.165, 1.54) is 13.2 Å². The zero-order chi connectivity index (χ0) is 16.5. The number of carboxylic acids is 1. The number of carbonyl (C=O) groups is 3. The van der Waals surface area contributed by atoms with Crippen LogP contribution in [-0.4, -0.2) is 45.8 Å². The SMILES string of the molecule is C=CC(=O)C1(C(=O)O)C(c2ccco2)CCN1C(=O)C(C)N. The Morgan fingerprint density at radius 2 is 2.27 bits per heavy atom. The van der Waals surface area contributed by atoms with Crippen LogP contribution in [0.1, 0.15) is 25.0 Å². The van der Waals surface area contributed by atoms with Crippen LogP contribution in [0.4, 0.5) is 0 Å². The number of carbonyl (C=O) groups excluding carboxylic acids is 2. The number of ketones is 1. The van der Waals surface area contributed by atoms with Crippen LogP contribution < -0.4 is 5.73 Å². The van der Waals surface area contributed by atoms with E-state index in [4.69, 9.17) is 10.2 Å². The molecule has 3 N–H and O–H groups in total. The first kappa shape index (κ1) is 16.0. The van der Waals surface area contributed by atoms with Gasteiger partial charge in [0.05, 0.1) is 18.2 Å². The number of likely N-dealkylation sites (tertiary alicyclic amines) is 1. The number of nitrogens with zero attached hydrogens (tertiary/aromatic N) is 1. The van der Waals surface area contributed by atoms with Crippen molar-refractivity contribution in [3.63, 3.8) is 0 Å². The Morgan fingerprint density at radius 1 is 1.59 bits per heavy atom. The second-order valence-electron chi connectivity index (χ2n) is 5.28. The maximum Gasteiger partial charge on any atom is 0.338 e. The molecule has 7 nitrogen and oxygen atoms in total. The molecule has 0 spiro atoms. The molecule has 3 atom stereocenters. The number of rotatable bonds is 5. The lowest BCUT2D eigenvalue weighted by molar-refractivity contribution is -0.161. The van der Waals surface area contributed by atoms with Gasteiger partial charge in [-0.05, 0) is 31.6 Å². The number of hydrogen-bond acceptors (Lipinski definition) is 5. The van der Waals surface area contributed by atoms with Crippen LogP contribution >= 0.6 is 0 Å². The lowest BCUT2D eigenvalue weighted by Gasteiger charge is -2.36. The summed E-state index contributed by atoms with van der Waals surface area (Å²) in [5.74, 6) is -3.20. The van der Waals surface area contributed by atoms with Gasteiger partial charge in [0.25, 0.3) is 0 Å². The van der Waals surface area contributed by atoms with Crippen molar-refractivity contribution in [1.29, 1.82) is 0 Å². The van der Waals surface area contributed by atoms with E-state index >= 15 is 0 Å². The molecule has 0 aliphatic carbocycles. The van der Waals surface area contributed by atoms with E-state index in [9.17, 15) is 19.5 Å². The minimum atomic E-state index is -2.07. The molecule has 22 heavy (non-hydrogen) atoms. The Kier molecular flexibility index (Phi) is 4.18. The highest BCUT2D eigenvalue weighted by Crippen LogP contribution is 2.44. The van der Waals surface area contributed by atoms with Crippen LogP contribution in [0.3, 0.4) is 0 Å². The molecule has 1 aliphatic rings. The smallest absolute Gasteiger partial charge is 0.338 e. The molecule has 7 heteroatoms. The Labute approximate surface area is 127 Å². The van der Waals surface area contributed by atoms with Gasteiger partial charge in [-0.25, -0.2) is 4.79 Å². The van der Waals surface area contributed by atoms with Gasteiger partial charge >= 0.3 is 5.97 Å². The molecule has 1 amide bonds. The van der Waals surface area contributed by atoms with Crippen molar-refractivity contribution in [2.45, 2.75) is 30.8 Å². The number of carboxylic acid groups (broad SMARTS) is 1. The minimum absolute atomic E-state index is 0.109.